The van der Waals surface area contributed by atoms with Crippen LogP contribution in [0.5, 0.6) is 0 Å². The summed E-state index contributed by atoms with van der Waals surface area (Å²) in [5.74, 6) is 1.12. The number of rotatable bonds is 2. The van der Waals surface area contributed by atoms with Crippen molar-refractivity contribution in [1.82, 2.24) is 20.2 Å². The molecular weight excluding hydrogens is 397 g/mol. The number of hydrogen-bond donors (Lipinski definition) is 1. The first-order valence-corrected chi connectivity index (χ1v) is 9.19. The lowest BCUT2D eigenvalue weighted by Gasteiger charge is -2.39. The smallest absolute Gasteiger partial charge is 0.242 e. The number of morpholine rings is 1. The van der Waals surface area contributed by atoms with Gasteiger partial charge in [0.15, 0.2) is 0 Å². The lowest BCUT2D eigenvalue weighted by atomic mass is 10.1. The van der Waals surface area contributed by atoms with Gasteiger partial charge in [0.05, 0.1) is 18.1 Å². The van der Waals surface area contributed by atoms with Gasteiger partial charge in [0.25, 0.3) is 0 Å². The predicted molar refractivity (Wildman–Crippen MR) is 108 cm³/mol. The van der Waals surface area contributed by atoms with E-state index in [9.17, 15) is 4.79 Å². The molecule has 2 aromatic heterocycles. The Morgan fingerprint density at radius 3 is 2.77 bits per heavy atom. The topological polar surface area (TPSA) is 70.6 Å². The molecule has 144 valence electrons. The number of aromatic nitrogens is 2. The Labute approximate surface area is 168 Å². The van der Waals surface area contributed by atoms with Gasteiger partial charge in [-0.05, 0) is 18.4 Å². The van der Waals surface area contributed by atoms with Gasteiger partial charge in [-0.15, -0.1) is 36.2 Å². The number of carbonyl (C=O) groups is 1. The summed E-state index contributed by atoms with van der Waals surface area (Å²) in [6.45, 7) is 6.35. The fourth-order valence-corrected chi connectivity index (χ4v) is 4.10. The summed E-state index contributed by atoms with van der Waals surface area (Å²) >= 11 is 1.63. The molecule has 2 saturated heterocycles. The van der Waals surface area contributed by atoms with E-state index in [1.54, 1.807) is 17.7 Å². The summed E-state index contributed by atoms with van der Waals surface area (Å²) in [6, 6.07) is 1.84. The number of nitrogens with one attached hydrogen (secondary N) is 1. The molecule has 0 unspecified atom stereocenters. The van der Waals surface area contributed by atoms with Crippen LogP contribution < -0.4 is 10.2 Å². The van der Waals surface area contributed by atoms with Crippen molar-refractivity contribution in [2.75, 3.05) is 44.2 Å². The molecule has 2 fully saturated rings. The molecule has 10 heteroatoms. The Hall–Kier alpha value is -1.19. The molecule has 26 heavy (non-hydrogen) atoms. The van der Waals surface area contributed by atoms with E-state index in [0.29, 0.717) is 19.7 Å². The van der Waals surface area contributed by atoms with Crippen molar-refractivity contribution in [3.8, 4) is 0 Å². The van der Waals surface area contributed by atoms with E-state index in [4.69, 9.17) is 4.74 Å². The Kier molecular flexibility index (Phi) is 7.42. The second-order valence-electron chi connectivity index (χ2n) is 6.16. The van der Waals surface area contributed by atoms with Gasteiger partial charge in [0, 0.05) is 32.7 Å². The maximum atomic E-state index is 12.7. The van der Waals surface area contributed by atoms with Gasteiger partial charge in [-0.3, -0.25) is 4.79 Å². The summed E-state index contributed by atoms with van der Waals surface area (Å²) in [5, 5.41) is 6.42. The van der Waals surface area contributed by atoms with Crippen molar-refractivity contribution in [2.24, 2.45) is 0 Å². The fourth-order valence-electron chi connectivity index (χ4n) is 3.37. The quantitative estimate of drug-likeness (QED) is 0.796. The minimum absolute atomic E-state index is 0. The number of piperazine rings is 1. The number of anilines is 1. The largest absolute Gasteiger partial charge is 0.375 e. The molecule has 1 N–H and O–H groups in total. The Morgan fingerprint density at radius 1 is 1.27 bits per heavy atom. The standard InChI is InChI=1S/C16H21N5O2S.2ClH/c1-11-13(17-3-8-23-11)16(22)21-6-4-20(5-7-21)14-12-2-9-24-15(12)19-10-18-14;;/h2,9-11,13,17H,3-8H2,1H3;2*1H/t11-,13+;;/m1../s1. The van der Waals surface area contributed by atoms with E-state index in [2.05, 4.69) is 26.3 Å². The third-order valence-corrected chi connectivity index (χ3v) is 5.53. The number of fused-ring (bicyclic) bond motifs is 1. The van der Waals surface area contributed by atoms with E-state index >= 15 is 0 Å². The molecule has 2 aliphatic rings. The highest BCUT2D eigenvalue weighted by molar-refractivity contribution is 7.16. The van der Waals surface area contributed by atoms with Crippen molar-refractivity contribution < 1.29 is 9.53 Å². The van der Waals surface area contributed by atoms with Gasteiger partial charge in [0.1, 0.15) is 23.0 Å². The number of carbonyl (C=O) groups excluding carboxylic acids is 1. The van der Waals surface area contributed by atoms with Crippen molar-refractivity contribution in [3.63, 3.8) is 0 Å². The maximum Gasteiger partial charge on any atom is 0.242 e. The molecule has 2 aliphatic heterocycles. The maximum absolute atomic E-state index is 12.7. The molecule has 0 bridgehead atoms. The van der Waals surface area contributed by atoms with Crippen molar-refractivity contribution >= 4 is 58.1 Å². The van der Waals surface area contributed by atoms with E-state index < -0.39 is 0 Å². The monoisotopic (exact) mass is 419 g/mol. The van der Waals surface area contributed by atoms with Crippen LogP contribution in [0.4, 0.5) is 5.82 Å². The third kappa shape index (κ3) is 4.04. The molecule has 0 aliphatic carbocycles. The molecule has 0 saturated carbocycles. The molecule has 2 atom stereocenters. The summed E-state index contributed by atoms with van der Waals surface area (Å²) in [5.41, 5.74) is 0. The van der Waals surface area contributed by atoms with Crippen molar-refractivity contribution in [2.45, 2.75) is 19.1 Å². The van der Waals surface area contributed by atoms with E-state index in [1.165, 1.54) is 0 Å². The highest BCUT2D eigenvalue weighted by Crippen LogP contribution is 2.27. The minimum Gasteiger partial charge on any atom is -0.375 e. The van der Waals surface area contributed by atoms with Gasteiger partial charge in [0.2, 0.25) is 5.91 Å². The second kappa shape index (κ2) is 9.14. The van der Waals surface area contributed by atoms with Crippen LogP contribution in [0, 0.1) is 0 Å². The Balaban J connectivity index is 0.00000121. The first kappa shape index (κ1) is 21.1. The molecule has 0 radical (unpaired) electrons. The van der Waals surface area contributed by atoms with Crippen LogP contribution in [0.2, 0.25) is 0 Å². The zero-order chi connectivity index (χ0) is 16.5. The highest BCUT2D eigenvalue weighted by Gasteiger charge is 2.33. The average molecular weight is 420 g/mol. The van der Waals surface area contributed by atoms with E-state index in [0.717, 1.165) is 35.7 Å². The van der Waals surface area contributed by atoms with Crippen LogP contribution in [-0.4, -0.2) is 72.3 Å². The first-order valence-electron chi connectivity index (χ1n) is 8.31. The summed E-state index contributed by atoms with van der Waals surface area (Å²) in [6.07, 6.45) is 1.55. The number of ether oxygens (including phenoxy) is 1. The van der Waals surface area contributed by atoms with Crippen LogP contribution in [0.25, 0.3) is 10.2 Å². The molecule has 2 aromatic rings. The predicted octanol–water partition coefficient (Wildman–Crippen LogP) is 1.56. The molecule has 4 rings (SSSR count). The van der Waals surface area contributed by atoms with Gasteiger partial charge in [-0.25, -0.2) is 9.97 Å². The second-order valence-corrected chi connectivity index (χ2v) is 7.05. The minimum atomic E-state index is -0.229. The molecule has 0 aromatic carbocycles. The van der Waals surface area contributed by atoms with Gasteiger partial charge < -0.3 is 19.9 Å². The Bertz CT molecular complexity index is 738. The van der Waals surface area contributed by atoms with Crippen molar-refractivity contribution in [3.05, 3.63) is 17.8 Å². The number of halogens is 2. The SMILES string of the molecule is C[C@H]1OCCN[C@@H]1C(=O)N1CCN(c2ncnc3sccc23)CC1.Cl.Cl. The van der Waals surface area contributed by atoms with Crippen molar-refractivity contribution in [1.29, 1.82) is 0 Å². The van der Waals surface area contributed by atoms with Crippen LogP contribution in [-0.2, 0) is 9.53 Å². The van der Waals surface area contributed by atoms with Crippen LogP contribution in [0.3, 0.4) is 0 Å². The first-order chi connectivity index (χ1) is 11.7. The normalized spacial score (nSPS) is 23.3. The third-order valence-electron chi connectivity index (χ3n) is 4.71. The average Bonchev–Trinajstić information content (AvgIpc) is 3.10. The van der Waals surface area contributed by atoms with Gasteiger partial charge in [-0.2, -0.15) is 0 Å². The molecule has 1 amide bonds. The number of amides is 1. The number of nitrogens with zero attached hydrogens (tertiary/aromatic N) is 4. The van der Waals surface area contributed by atoms with Gasteiger partial charge in [-0.1, -0.05) is 0 Å². The van der Waals surface area contributed by atoms with E-state index in [1.807, 2.05) is 17.2 Å². The number of hydrogen-bond acceptors (Lipinski definition) is 7. The summed E-state index contributed by atoms with van der Waals surface area (Å²) < 4.78 is 5.60. The van der Waals surface area contributed by atoms with Crippen LogP contribution in [0.15, 0.2) is 17.8 Å². The fraction of sp³-hybridized carbons (Fsp3) is 0.562. The molecule has 0 spiro atoms. The molecular formula is C16H23Cl2N5O2S. The number of thiophene rings is 1. The Morgan fingerprint density at radius 2 is 2.04 bits per heavy atom. The summed E-state index contributed by atoms with van der Waals surface area (Å²) in [7, 11) is 0. The van der Waals surface area contributed by atoms with Gasteiger partial charge >= 0.3 is 0 Å². The zero-order valence-corrected chi connectivity index (χ0v) is 16.9. The zero-order valence-electron chi connectivity index (χ0n) is 14.5. The molecule has 7 nitrogen and oxygen atoms in total. The lowest BCUT2D eigenvalue weighted by Crippen LogP contribution is -2.59. The van der Waals surface area contributed by atoms with E-state index in [-0.39, 0.29) is 42.9 Å². The van der Waals surface area contributed by atoms with Crippen LogP contribution in [0.1, 0.15) is 6.92 Å². The molecule has 4 heterocycles. The highest BCUT2D eigenvalue weighted by atomic mass is 35.5. The lowest BCUT2D eigenvalue weighted by molar-refractivity contribution is -0.139. The van der Waals surface area contributed by atoms with Crippen LogP contribution >= 0.6 is 36.2 Å². The summed E-state index contributed by atoms with van der Waals surface area (Å²) in [4.78, 5) is 26.7.